The van der Waals surface area contributed by atoms with E-state index in [0.29, 0.717) is 0 Å². The van der Waals surface area contributed by atoms with Crippen LogP contribution in [-0.4, -0.2) is 19.1 Å². The van der Waals surface area contributed by atoms with Gasteiger partial charge in [-0.15, -0.1) is 0 Å². The Morgan fingerprint density at radius 2 is 1.53 bits per heavy atom. The Kier molecular flexibility index (Phi) is 10.3. The highest BCUT2D eigenvalue weighted by atomic mass is 19.4. The second kappa shape index (κ2) is 13.9. The van der Waals surface area contributed by atoms with Gasteiger partial charge in [-0.25, -0.2) is 4.79 Å². The highest BCUT2D eigenvalue weighted by molar-refractivity contribution is 5.92. The molecule has 0 atom stereocenters. The lowest BCUT2D eigenvalue weighted by molar-refractivity contribution is -0.913. The lowest BCUT2D eigenvalue weighted by atomic mass is 10.1. The molecule has 1 heterocycles. The quantitative estimate of drug-likeness (QED) is 0.137. The standard InChI is InChI=1S/C34H36F3NO5/c1-5-8-23-11-15-25(16-12-23)41-31-29(39)26-17-18-28(42-33(40)24-13-9-22(4)10-14-24)27(21-38(19-6-2)20-7-3)30(26)43-32(31)34(35,36)37/h9-18H,5-8,19-21H2,1-4H3/p+1. The normalized spacial score (nSPS) is 11.7. The van der Waals surface area contributed by atoms with E-state index in [2.05, 4.69) is 0 Å². The summed E-state index contributed by atoms with van der Waals surface area (Å²) in [5.41, 5.74) is 1.22. The highest BCUT2D eigenvalue weighted by Gasteiger charge is 2.41. The summed E-state index contributed by atoms with van der Waals surface area (Å²) in [5, 5.41) is -0.0944. The molecule has 0 bridgehead atoms. The lowest BCUT2D eigenvalue weighted by Crippen LogP contribution is -3.10. The van der Waals surface area contributed by atoms with E-state index in [1.54, 1.807) is 36.4 Å². The number of ether oxygens (including phenoxy) is 2. The van der Waals surface area contributed by atoms with Crippen LogP contribution in [-0.2, 0) is 19.1 Å². The number of rotatable bonds is 12. The number of benzene rings is 3. The van der Waals surface area contributed by atoms with E-state index in [1.807, 2.05) is 27.7 Å². The predicted molar refractivity (Wildman–Crippen MR) is 159 cm³/mol. The Balaban J connectivity index is 1.87. The molecule has 0 radical (unpaired) electrons. The van der Waals surface area contributed by atoms with Gasteiger partial charge in [0, 0.05) is 0 Å². The molecule has 6 nitrogen and oxygen atoms in total. The maximum Gasteiger partial charge on any atom is 0.453 e. The van der Waals surface area contributed by atoms with E-state index >= 15 is 0 Å². The number of esters is 1. The van der Waals surface area contributed by atoms with Crippen LogP contribution in [0.25, 0.3) is 11.0 Å². The highest BCUT2D eigenvalue weighted by Crippen LogP contribution is 2.40. The molecule has 0 aliphatic carbocycles. The molecule has 0 fully saturated rings. The van der Waals surface area contributed by atoms with Crippen LogP contribution in [0.1, 0.15) is 72.8 Å². The van der Waals surface area contributed by atoms with E-state index in [9.17, 15) is 22.8 Å². The zero-order valence-corrected chi connectivity index (χ0v) is 24.9. The fourth-order valence-corrected chi connectivity index (χ4v) is 5.06. The van der Waals surface area contributed by atoms with Gasteiger partial charge in [-0.3, -0.25) is 4.79 Å². The topological polar surface area (TPSA) is 70.2 Å². The van der Waals surface area contributed by atoms with Crippen molar-refractivity contribution in [3.05, 3.63) is 98.9 Å². The van der Waals surface area contributed by atoms with Gasteiger partial charge in [-0.1, -0.05) is 57.0 Å². The third kappa shape index (κ3) is 7.65. The van der Waals surface area contributed by atoms with E-state index in [-0.39, 0.29) is 40.1 Å². The number of quaternary nitrogens is 1. The van der Waals surface area contributed by atoms with Crippen molar-refractivity contribution in [2.45, 2.75) is 66.1 Å². The average molecular weight is 597 g/mol. The van der Waals surface area contributed by atoms with E-state index in [4.69, 9.17) is 13.9 Å². The van der Waals surface area contributed by atoms with Crippen LogP contribution in [0, 0.1) is 6.92 Å². The van der Waals surface area contributed by atoms with Gasteiger partial charge in [-0.05, 0) is 68.1 Å². The van der Waals surface area contributed by atoms with Crippen LogP contribution in [0.3, 0.4) is 0 Å². The molecule has 0 spiro atoms. The van der Waals surface area contributed by atoms with Crippen LogP contribution in [0.4, 0.5) is 13.2 Å². The van der Waals surface area contributed by atoms with Gasteiger partial charge in [0.2, 0.25) is 11.2 Å². The fraction of sp³-hybridized carbons (Fsp3) is 0.353. The molecule has 3 aromatic carbocycles. The minimum absolute atomic E-state index is 0.0410. The van der Waals surface area contributed by atoms with Gasteiger partial charge in [0.1, 0.15) is 18.0 Å². The van der Waals surface area contributed by atoms with Crippen molar-refractivity contribution in [3.8, 4) is 17.2 Å². The van der Waals surface area contributed by atoms with Gasteiger partial charge in [0.25, 0.3) is 5.76 Å². The van der Waals surface area contributed by atoms with Gasteiger partial charge < -0.3 is 18.8 Å². The van der Waals surface area contributed by atoms with Crippen molar-refractivity contribution >= 4 is 16.9 Å². The van der Waals surface area contributed by atoms with Crippen LogP contribution < -0.4 is 19.8 Å². The van der Waals surface area contributed by atoms with Crippen LogP contribution in [0.15, 0.2) is 69.9 Å². The van der Waals surface area contributed by atoms with Crippen LogP contribution in [0.5, 0.6) is 17.2 Å². The molecule has 0 saturated heterocycles. The molecule has 4 rings (SSSR count). The number of fused-ring (bicyclic) bond motifs is 1. The van der Waals surface area contributed by atoms with Gasteiger partial charge in [-0.2, -0.15) is 13.2 Å². The molecule has 1 aromatic heterocycles. The van der Waals surface area contributed by atoms with Crippen molar-refractivity contribution < 1.29 is 36.8 Å². The average Bonchev–Trinajstić information content (AvgIpc) is 2.96. The Morgan fingerprint density at radius 1 is 0.884 bits per heavy atom. The zero-order valence-electron chi connectivity index (χ0n) is 24.9. The molecule has 0 amide bonds. The molecule has 0 unspecified atom stereocenters. The monoisotopic (exact) mass is 596 g/mol. The molecule has 9 heteroatoms. The summed E-state index contributed by atoms with van der Waals surface area (Å²) in [4.78, 5) is 27.7. The SMILES string of the molecule is CCCc1ccc(Oc2c(C(F)(F)F)oc3c(C[NH+](CCC)CCC)c(OC(=O)c4ccc(C)cc4)ccc3c2=O)cc1. The second-order valence-electron chi connectivity index (χ2n) is 10.7. The molecule has 0 aliphatic rings. The zero-order chi connectivity index (χ0) is 31.1. The summed E-state index contributed by atoms with van der Waals surface area (Å²) in [6.45, 7) is 9.57. The second-order valence-corrected chi connectivity index (χ2v) is 10.7. The summed E-state index contributed by atoms with van der Waals surface area (Å²) in [7, 11) is 0. The first-order valence-electron chi connectivity index (χ1n) is 14.6. The molecule has 228 valence electrons. The number of alkyl halides is 3. The molecular formula is C34H37F3NO5+. The minimum Gasteiger partial charge on any atom is -0.449 e. The van der Waals surface area contributed by atoms with E-state index in [1.165, 1.54) is 24.3 Å². The molecular weight excluding hydrogens is 559 g/mol. The fourth-order valence-electron chi connectivity index (χ4n) is 5.06. The Morgan fingerprint density at radius 3 is 2.12 bits per heavy atom. The van der Waals surface area contributed by atoms with E-state index in [0.717, 1.165) is 54.8 Å². The smallest absolute Gasteiger partial charge is 0.449 e. The van der Waals surface area contributed by atoms with Crippen molar-refractivity contribution in [1.29, 1.82) is 0 Å². The van der Waals surface area contributed by atoms with Crippen LogP contribution >= 0.6 is 0 Å². The lowest BCUT2D eigenvalue weighted by Gasteiger charge is -2.21. The largest absolute Gasteiger partial charge is 0.453 e. The van der Waals surface area contributed by atoms with Gasteiger partial charge in [0.15, 0.2) is 5.58 Å². The maximum absolute atomic E-state index is 14.4. The van der Waals surface area contributed by atoms with Gasteiger partial charge >= 0.3 is 12.1 Å². The third-order valence-electron chi connectivity index (χ3n) is 7.14. The van der Waals surface area contributed by atoms with Gasteiger partial charge in [0.05, 0.1) is 29.6 Å². The molecule has 0 saturated carbocycles. The Hall–Kier alpha value is -4.11. The van der Waals surface area contributed by atoms with Crippen molar-refractivity contribution in [2.24, 2.45) is 0 Å². The van der Waals surface area contributed by atoms with Crippen molar-refractivity contribution in [2.75, 3.05) is 13.1 Å². The number of aryl methyl sites for hydroxylation is 2. The summed E-state index contributed by atoms with van der Waals surface area (Å²) < 4.78 is 60.1. The first-order chi connectivity index (χ1) is 20.5. The first kappa shape index (κ1) is 31.8. The Bertz CT molecular complexity index is 1600. The summed E-state index contributed by atoms with van der Waals surface area (Å²) in [5.74, 6) is -3.03. The molecule has 4 aromatic rings. The number of hydrogen-bond donors (Lipinski definition) is 1. The number of hydrogen-bond acceptors (Lipinski definition) is 5. The number of nitrogens with one attached hydrogen (secondary N) is 1. The minimum atomic E-state index is -5.03. The Labute approximate surface area is 249 Å². The first-order valence-corrected chi connectivity index (χ1v) is 14.6. The predicted octanol–water partition coefficient (Wildman–Crippen LogP) is 7.29. The van der Waals surface area contributed by atoms with E-state index < -0.39 is 29.1 Å². The van der Waals surface area contributed by atoms with Crippen LogP contribution in [0.2, 0.25) is 0 Å². The molecule has 43 heavy (non-hydrogen) atoms. The molecule has 0 aliphatic heterocycles. The summed E-state index contributed by atoms with van der Waals surface area (Å²) in [6.07, 6.45) is -1.67. The summed E-state index contributed by atoms with van der Waals surface area (Å²) >= 11 is 0. The number of carbonyl (C=O) groups is 1. The molecule has 1 N–H and O–H groups in total. The van der Waals surface area contributed by atoms with Crippen molar-refractivity contribution in [1.82, 2.24) is 0 Å². The number of carbonyl (C=O) groups excluding carboxylic acids is 1. The van der Waals surface area contributed by atoms with Crippen molar-refractivity contribution in [3.63, 3.8) is 0 Å². The summed E-state index contributed by atoms with van der Waals surface area (Å²) in [6, 6.07) is 16.1. The number of halogens is 3. The third-order valence-corrected chi connectivity index (χ3v) is 7.14. The maximum atomic E-state index is 14.4.